The smallest absolute Gasteiger partial charge is 0.336 e. The Bertz CT molecular complexity index is 1150. The van der Waals surface area contributed by atoms with Gasteiger partial charge >= 0.3 is 5.97 Å². The van der Waals surface area contributed by atoms with E-state index >= 15 is 0 Å². The average molecular weight is 449 g/mol. The van der Waals surface area contributed by atoms with Gasteiger partial charge in [0.15, 0.2) is 0 Å². The van der Waals surface area contributed by atoms with Crippen LogP contribution in [0, 0.1) is 6.92 Å². The van der Waals surface area contributed by atoms with Gasteiger partial charge in [0.05, 0.1) is 16.4 Å². The van der Waals surface area contributed by atoms with E-state index in [9.17, 15) is 19.5 Å². The Morgan fingerprint density at radius 3 is 2.28 bits per heavy atom. The Hall–Kier alpha value is -3.58. The summed E-state index contributed by atoms with van der Waals surface area (Å²) in [6.07, 6.45) is 0.630. The van der Waals surface area contributed by atoms with Crippen LogP contribution in [0.5, 0.6) is 0 Å². The van der Waals surface area contributed by atoms with Crippen LogP contribution >= 0.6 is 11.8 Å². The summed E-state index contributed by atoms with van der Waals surface area (Å²) >= 11 is 1.41. The Kier molecular flexibility index (Phi) is 7.68. The third-order valence-electron chi connectivity index (χ3n) is 4.84. The number of amides is 2. The van der Waals surface area contributed by atoms with Crippen molar-refractivity contribution >= 4 is 40.9 Å². The Balaban J connectivity index is 1.71. The fraction of sp³-hybridized carbons (Fsp3) is 0.160. The number of carbonyl (C=O) groups is 3. The number of carbonyl (C=O) groups excluding carboxylic acids is 2. The first-order valence-electron chi connectivity index (χ1n) is 10.2. The largest absolute Gasteiger partial charge is 0.478 e. The summed E-state index contributed by atoms with van der Waals surface area (Å²) in [5.74, 6) is -1.75. The maximum atomic E-state index is 12.8. The fourth-order valence-electron chi connectivity index (χ4n) is 3.13. The number of carboxylic acids is 1. The number of benzene rings is 3. The van der Waals surface area contributed by atoms with Gasteiger partial charge in [0, 0.05) is 16.3 Å². The molecule has 2 amide bonds. The van der Waals surface area contributed by atoms with Crippen molar-refractivity contribution in [1.82, 2.24) is 0 Å². The Labute approximate surface area is 191 Å². The summed E-state index contributed by atoms with van der Waals surface area (Å²) in [6.45, 7) is 3.89. The second-order valence-corrected chi connectivity index (χ2v) is 8.43. The number of carboxylic acid groups (broad SMARTS) is 1. The van der Waals surface area contributed by atoms with E-state index in [-0.39, 0.29) is 22.3 Å². The van der Waals surface area contributed by atoms with Crippen molar-refractivity contribution in [3.63, 3.8) is 0 Å². The van der Waals surface area contributed by atoms with Crippen LogP contribution in [0.1, 0.15) is 39.6 Å². The van der Waals surface area contributed by atoms with E-state index in [1.807, 2.05) is 44.2 Å². The highest BCUT2D eigenvalue weighted by Gasteiger charge is 2.20. The van der Waals surface area contributed by atoms with Crippen molar-refractivity contribution in [3.05, 3.63) is 89.5 Å². The molecule has 0 fully saturated rings. The molecule has 32 heavy (non-hydrogen) atoms. The predicted molar refractivity (Wildman–Crippen MR) is 128 cm³/mol. The van der Waals surface area contributed by atoms with E-state index in [1.165, 1.54) is 23.9 Å². The SMILES string of the molecule is CCC(Sc1cccc(NC(=O)c2ccccc2C(=O)O)c1)C(=O)Nc1ccccc1C. The van der Waals surface area contributed by atoms with E-state index in [1.54, 1.807) is 30.3 Å². The summed E-state index contributed by atoms with van der Waals surface area (Å²) < 4.78 is 0. The summed E-state index contributed by atoms with van der Waals surface area (Å²) in [7, 11) is 0. The number of hydrogen-bond donors (Lipinski definition) is 3. The minimum atomic E-state index is -1.16. The first-order chi connectivity index (χ1) is 15.4. The highest BCUT2D eigenvalue weighted by atomic mass is 32.2. The molecule has 0 heterocycles. The van der Waals surface area contributed by atoms with Crippen molar-refractivity contribution in [2.75, 3.05) is 10.6 Å². The molecule has 3 N–H and O–H groups in total. The van der Waals surface area contributed by atoms with Gasteiger partial charge in [-0.05, 0) is 55.3 Å². The molecule has 0 bridgehead atoms. The maximum Gasteiger partial charge on any atom is 0.336 e. The Morgan fingerprint density at radius 1 is 0.906 bits per heavy atom. The highest BCUT2D eigenvalue weighted by molar-refractivity contribution is 8.00. The molecule has 164 valence electrons. The second-order valence-electron chi connectivity index (χ2n) is 7.15. The molecular formula is C25H24N2O4S. The fourth-order valence-corrected chi connectivity index (χ4v) is 4.14. The summed E-state index contributed by atoms with van der Waals surface area (Å²) in [5, 5.41) is 14.7. The number of hydrogen-bond acceptors (Lipinski definition) is 4. The molecule has 1 atom stereocenters. The quantitative estimate of drug-likeness (QED) is 0.398. The lowest BCUT2D eigenvalue weighted by Crippen LogP contribution is -2.24. The van der Waals surface area contributed by atoms with Crippen LogP contribution < -0.4 is 10.6 Å². The number of thioether (sulfide) groups is 1. The normalized spacial score (nSPS) is 11.4. The minimum Gasteiger partial charge on any atom is -0.478 e. The van der Waals surface area contributed by atoms with E-state index < -0.39 is 11.9 Å². The molecule has 0 aliphatic heterocycles. The van der Waals surface area contributed by atoms with Crippen LogP contribution in [0.25, 0.3) is 0 Å². The predicted octanol–water partition coefficient (Wildman–Crippen LogP) is 5.45. The lowest BCUT2D eigenvalue weighted by atomic mass is 10.1. The van der Waals surface area contributed by atoms with Crippen LogP contribution in [-0.4, -0.2) is 28.1 Å². The molecule has 0 radical (unpaired) electrons. The standard InChI is InChI=1S/C25H24N2O4S/c1-3-22(24(29)27-21-14-7-4-9-16(21)2)32-18-11-8-10-17(15-18)26-23(28)19-12-5-6-13-20(19)25(30)31/h4-15,22H,3H2,1-2H3,(H,26,28)(H,27,29)(H,30,31). The van der Waals surface area contributed by atoms with Crippen LogP contribution in [0.15, 0.2) is 77.7 Å². The number of nitrogens with one attached hydrogen (secondary N) is 2. The lowest BCUT2D eigenvalue weighted by Gasteiger charge is -2.16. The molecule has 0 aromatic heterocycles. The van der Waals surface area contributed by atoms with Crippen LogP contribution in [0.2, 0.25) is 0 Å². The maximum absolute atomic E-state index is 12.8. The monoisotopic (exact) mass is 448 g/mol. The van der Waals surface area contributed by atoms with Crippen molar-refractivity contribution < 1.29 is 19.5 Å². The third kappa shape index (κ3) is 5.76. The molecule has 0 spiro atoms. The van der Waals surface area contributed by atoms with E-state index in [0.717, 1.165) is 16.1 Å². The summed E-state index contributed by atoms with van der Waals surface area (Å²) in [6, 6.07) is 20.8. The lowest BCUT2D eigenvalue weighted by molar-refractivity contribution is -0.115. The van der Waals surface area contributed by atoms with Crippen LogP contribution in [0.3, 0.4) is 0 Å². The molecule has 0 saturated heterocycles. The van der Waals surface area contributed by atoms with Gasteiger partial charge < -0.3 is 15.7 Å². The zero-order valence-corrected chi connectivity index (χ0v) is 18.6. The van der Waals surface area contributed by atoms with Crippen molar-refractivity contribution in [2.45, 2.75) is 30.4 Å². The number of para-hydroxylation sites is 1. The van der Waals surface area contributed by atoms with Gasteiger partial charge in [-0.25, -0.2) is 4.79 Å². The van der Waals surface area contributed by atoms with Crippen molar-refractivity contribution in [1.29, 1.82) is 0 Å². The molecule has 7 heteroatoms. The molecular weight excluding hydrogens is 424 g/mol. The molecule has 0 saturated carbocycles. The van der Waals surface area contributed by atoms with E-state index in [0.29, 0.717) is 12.1 Å². The Morgan fingerprint density at radius 2 is 1.59 bits per heavy atom. The van der Waals surface area contributed by atoms with Crippen molar-refractivity contribution in [3.8, 4) is 0 Å². The van der Waals surface area contributed by atoms with E-state index in [4.69, 9.17) is 0 Å². The van der Waals surface area contributed by atoms with E-state index in [2.05, 4.69) is 10.6 Å². The van der Waals surface area contributed by atoms with Gasteiger partial charge in [-0.3, -0.25) is 9.59 Å². The second kappa shape index (κ2) is 10.6. The first kappa shape index (κ1) is 23.1. The van der Waals surface area contributed by atoms with Crippen LogP contribution in [0.4, 0.5) is 11.4 Å². The molecule has 3 aromatic rings. The summed E-state index contributed by atoms with van der Waals surface area (Å²) in [4.78, 5) is 37.6. The number of aryl methyl sites for hydroxylation is 1. The van der Waals surface area contributed by atoms with Crippen LogP contribution in [-0.2, 0) is 4.79 Å². The topological polar surface area (TPSA) is 95.5 Å². The number of aromatic carboxylic acids is 1. The van der Waals surface area contributed by atoms with Gasteiger partial charge in [0.1, 0.15) is 0 Å². The zero-order valence-electron chi connectivity index (χ0n) is 17.8. The zero-order chi connectivity index (χ0) is 23.1. The summed E-state index contributed by atoms with van der Waals surface area (Å²) in [5.41, 5.74) is 2.33. The highest BCUT2D eigenvalue weighted by Crippen LogP contribution is 2.29. The van der Waals surface area contributed by atoms with Gasteiger partial charge in [0.2, 0.25) is 5.91 Å². The van der Waals surface area contributed by atoms with Gasteiger partial charge in [-0.15, -0.1) is 11.8 Å². The average Bonchev–Trinajstić information content (AvgIpc) is 2.79. The van der Waals surface area contributed by atoms with Crippen molar-refractivity contribution in [2.24, 2.45) is 0 Å². The molecule has 0 aliphatic rings. The first-order valence-corrected chi connectivity index (χ1v) is 11.0. The molecule has 6 nitrogen and oxygen atoms in total. The number of rotatable bonds is 8. The minimum absolute atomic E-state index is 0.0607. The third-order valence-corrected chi connectivity index (χ3v) is 6.20. The van der Waals surface area contributed by atoms with Gasteiger partial charge in [-0.1, -0.05) is 43.3 Å². The molecule has 1 unspecified atom stereocenters. The molecule has 3 rings (SSSR count). The molecule has 0 aliphatic carbocycles. The van der Waals surface area contributed by atoms with Gasteiger partial charge in [0.25, 0.3) is 5.91 Å². The number of anilines is 2. The van der Waals surface area contributed by atoms with Gasteiger partial charge in [-0.2, -0.15) is 0 Å². The molecule has 3 aromatic carbocycles.